The number of rotatable bonds is 20. The fraction of sp³-hybridized carbons (Fsp3) is 0.833. The van der Waals surface area contributed by atoms with Crippen molar-refractivity contribution >= 4 is 23.6 Å². The summed E-state index contributed by atoms with van der Waals surface area (Å²) in [7, 11) is 0. The van der Waals surface area contributed by atoms with E-state index in [9.17, 15) is 19.2 Å². The molecule has 0 saturated heterocycles. The monoisotopic (exact) mass is 622 g/mol. The van der Waals surface area contributed by atoms with Crippen LogP contribution >= 0.6 is 0 Å². The third-order valence-corrected chi connectivity index (χ3v) is 7.36. The van der Waals surface area contributed by atoms with Crippen LogP contribution in [0, 0.1) is 0 Å². The number of hydrogen-bond donors (Lipinski definition) is 4. The Morgan fingerprint density at radius 2 is 0.611 bits per heavy atom. The SMILES string of the molecule is CCCCCC(=O)[NH][Ti+][NH]C(=O)CCCCC.CCCCCC(=O)[NH][Ti+][NH]C(=O)CCCCC.[Cl-].[Cl-]. The first-order valence-corrected chi connectivity index (χ1v) is 16.2. The Bertz CT molecular complexity index is 458. The van der Waals surface area contributed by atoms with Gasteiger partial charge in [0.25, 0.3) is 0 Å². The standard InChI is InChI=1S/4C6H13NO.2ClH.2Ti/c4*1-2-3-4-5-6(7)8;;;;/h4*2-5H2,1H3,(H2,7,8);2*1H;;/q;;;;;;2*+3/p-6. The fourth-order valence-electron chi connectivity index (χ4n) is 2.73. The molecule has 0 aliphatic heterocycles. The van der Waals surface area contributed by atoms with Gasteiger partial charge in [0, 0.05) is 0 Å². The quantitative estimate of drug-likeness (QED) is 0.0987. The summed E-state index contributed by atoms with van der Waals surface area (Å²) in [5.74, 6) is 0.305. The topological polar surface area (TPSA) is 116 Å². The molecule has 12 heteroatoms. The van der Waals surface area contributed by atoms with E-state index in [-0.39, 0.29) is 48.4 Å². The van der Waals surface area contributed by atoms with Gasteiger partial charge in [-0.25, -0.2) is 0 Å². The van der Waals surface area contributed by atoms with Crippen molar-refractivity contribution in [2.24, 2.45) is 0 Å². The zero-order chi connectivity index (χ0) is 25.9. The molecule has 0 aliphatic carbocycles. The van der Waals surface area contributed by atoms with E-state index in [1.165, 1.54) is 0 Å². The maximum atomic E-state index is 11.3. The number of unbranched alkanes of at least 4 members (excludes halogenated alkanes) is 8. The number of hydrogen-bond acceptors (Lipinski definition) is 4. The molecule has 4 N–H and O–H groups in total. The molecular weight excluding hydrogens is 575 g/mol. The Kier molecular flexibility index (Phi) is 41.6. The first kappa shape index (κ1) is 43.0. The molecule has 4 amide bonds. The molecule has 0 aromatic heterocycles. The normalized spacial score (nSPS) is 9.00. The number of amides is 4. The van der Waals surface area contributed by atoms with Gasteiger partial charge in [0.15, 0.2) is 0 Å². The third kappa shape index (κ3) is 36.0. The van der Waals surface area contributed by atoms with Gasteiger partial charge in [-0.2, -0.15) is 0 Å². The molecule has 0 radical (unpaired) electrons. The van der Waals surface area contributed by atoms with Gasteiger partial charge in [-0.1, -0.05) is 0 Å². The van der Waals surface area contributed by atoms with E-state index in [0.29, 0.717) is 25.7 Å². The first-order chi connectivity index (χ1) is 16.4. The van der Waals surface area contributed by atoms with Crippen LogP contribution in [-0.4, -0.2) is 23.6 Å². The maximum Gasteiger partial charge on any atom is -1.00 e. The summed E-state index contributed by atoms with van der Waals surface area (Å²) in [5.41, 5.74) is 0. The molecule has 0 spiro atoms. The van der Waals surface area contributed by atoms with Crippen LogP contribution in [0.5, 0.6) is 0 Å². The van der Waals surface area contributed by atoms with Gasteiger partial charge in [0.1, 0.15) is 0 Å². The van der Waals surface area contributed by atoms with Gasteiger partial charge >= 0.3 is 228 Å². The minimum Gasteiger partial charge on any atom is -1.00 e. The van der Waals surface area contributed by atoms with Crippen molar-refractivity contribution in [3.05, 3.63) is 0 Å². The average molecular weight is 623 g/mol. The predicted octanol–water partition coefficient (Wildman–Crippen LogP) is -1.41. The summed E-state index contributed by atoms with van der Waals surface area (Å²) in [6.07, 6.45) is 15.0. The molecule has 0 heterocycles. The maximum absolute atomic E-state index is 11.3. The van der Waals surface area contributed by atoms with E-state index < -0.39 is 39.3 Å². The summed E-state index contributed by atoms with van der Waals surface area (Å²) in [6, 6.07) is 0. The fourth-order valence-corrected chi connectivity index (χ4v) is 4.58. The number of halogens is 2. The molecule has 0 saturated carbocycles. The van der Waals surface area contributed by atoms with E-state index >= 15 is 0 Å². The summed E-state index contributed by atoms with van der Waals surface area (Å²) >= 11 is -1.66. The molecule has 0 aromatic carbocycles. The minimum atomic E-state index is -0.830. The van der Waals surface area contributed by atoms with Gasteiger partial charge in [-0.15, -0.1) is 0 Å². The summed E-state index contributed by atoms with van der Waals surface area (Å²) in [6.45, 7) is 8.45. The Morgan fingerprint density at radius 1 is 0.417 bits per heavy atom. The second kappa shape index (κ2) is 34.9. The number of carbonyl (C=O) groups is 4. The van der Waals surface area contributed by atoms with Crippen LogP contribution < -0.4 is 40.0 Å². The summed E-state index contributed by atoms with van der Waals surface area (Å²) in [4.78, 5) is 45.3. The van der Waals surface area contributed by atoms with Crippen LogP contribution in [0.15, 0.2) is 0 Å². The van der Waals surface area contributed by atoms with Crippen LogP contribution in [0.1, 0.15) is 130 Å². The van der Waals surface area contributed by atoms with Crippen molar-refractivity contribution in [2.45, 2.75) is 130 Å². The van der Waals surface area contributed by atoms with E-state index in [4.69, 9.17) is 0 Å². The molecule has 0 aliphatic rings. The Balaban J connectivity index is -0.000000269. The van der Waals surface area contributed by atoms with Crippen molar-refractivity contribution in [3.8, 4) is 0 Å². The molecule has 0 unspecified atom stereocenters. The van der Waals surface area contributed by atoms with Gasteiger partial charge < -0.3 is 24.8 Å². The minimum absolute atomic E-state index is 0. The number of carbonyl (C=O) groups excluding carboxylic acids is 4. The zero-order valence-electron chi connectivity index (χ0n) is 22.7. The first-order valence-electron chi connectivity index (χ1n) is 13.1. The van der Waals surface area contributed by atoms with Crippen molar-refractivity contribution in [3.63, 3.8) is 0 Å². The average Bonchev–Trinajstić information content (AvgIpc) is 2.80. The molecule has 36 heavy (non-hydrogen) atoms. The van der Waals surface area contributed by atoms with E-state index in [1.54, 1.807) is 0 Å². The van der Waals surface area contributed by atoms with E-state index in [2.05, 4.69) is 42.9 Å². The van der Waals surface area contributed by atoms with Crippen molar-refractivity contribution in [1.82, 2.24) is 15.2 Å². The van der Waals surface area contributed by atoms with Gasteiger partial charge in [-0.05, 0) is 0 Å². The van der Waals surface area contributed by atoms with Gasteiger partial charge in [0.2, 0.25) is 0 Å². The predicted molar refractivity (Wildman–Crippen MR) is 129 cm³/mol. The second-order valence-electron chi connectivity index (χ2n) is 8.27. The van der Waals surface area contributed by atoms with E-state index in [1.807, 2.05) is 0 Å². The largest absolute Gasteiger partial charge is 1.00 e. The van der Waals surface area contributed by atoms with Gasteiger partial charge in [0.05, 0.1) is 0 Å². The Labute approximate surface area is 251 Å². The van der Waals surface area contributed by atoms with Crippen LogP contribution in [0.25, 0.3) is 0 Å². The Morgan fingerprint density at radius 3 is 0.778 bits per heavy atom. The molecule has 210 valence electrons. The van der Waals surface area contributed by atoms with Crippen LogP contribution in [0.4, 0.5) is 0 Å². The second-order valence-corrected chi connectivity index (χ2v) is 10.6. The van der Waals surface area contributed by atoms with Gasteiger partial charge in [-0.3, -0.25) is 0 Å². The van der Waals surface area contributed by atoms with Crippen LogP contribution in [0.3, 0.4) is 0 Å². The smallest absolute Gasteiger partial charge is 1.00 e. The Hall–Kier alpha value is -0.111. The zero-order valence-corrected chi connectivity index (χ0v) is 27.3. The molecule has 0 aromatic rings. The molecule has 0 bridgehead atoms. The molecular formula is C24H48Cl2N4O4Ti2. The molecule has 0 rings (SSSR count). The van der Waals surface area contributed by atoms with Crippen molar-refractivity contribution < 1.29 is 83.3 Å². The summed E-state index contributed by atoms with van der Waals surface area (Å²) < 4.78 is 11.3. The van der Waals surface area contributed by atoms with E-state index in [0.717, 1.165) is 77.0 Å². The van der Waals surface area contributed by atoms with Crippen molar-refractivity contribution in [2.75, 3.05) is 0 Å². The summed E-state index contributed by atoms with van der Waals surface area (Å²) in [5, 5.41) is 0. The molecule has 8 nitrogen and oxygen atoms in total. The molecule has 0 atom stereocenters. The van der Waals surface area contributed by atoms with Crippen molar-refractivity contribution in [1.29, 1.82) is 0 Å². The molecule has 0 fully saturated rings. The number of nitrogens with one attached hydrogen (secondary N) is 4. The van der Waals surface area contributed by atoms with Crippen LogP contribution in [0.2, 0.25) is 0 Å². The van der Waals surface area contributed by atoms with Crippen LogP contribution in [-0.2, 0) is 58.5 Å². The third-order valence-electron chi connectivity index (χ3n) is 4.84.